The molecule has 1 heterocycles. The van der Waals surface area contributed by atoms with Gasteiger partial charge in [0.05, 0.1) is 13.2 Å². The number of rotatable bonds is 8. The zero-order chi connectivity index (χ0) is 15.9. The van der Waals surface area contributed by atoms with Gasteiger partial charge in [0.1, 0.15) is 0 Å². The number of hydrogen-bond donors (Lipinski definition) is 0. The third kappa shape index (κ3) is 14.9. The van der Waals surface area contributed by atoms with E-state index in [9.17, 15) is 0 Å². The summed E-state index contributed by atoms with van der Waals surface area (Å²) in [6.07, 6.45) is 1.04. The van der Waals surface area contributed by atoms with Gasteiger partial charge in [-0.1, -0.05) is 0 Å². The van der Waals surface area contributed by atoms with Crippen molar-refractivity contribution in [1.29, 1.82) is 0 Å². The number of ether oxygens (including phenoxy) is 2. The van der Waals surface area contributed by atoms with E-state index in [4.69, 9.17) is 13.0 Å². The molecule has 0 bridgehead atoms. The van der Waals surface area contributed by atoms with Gasteiger partial charge in [0.25, 0.3) is 0 Å². The summed E-state index contributed by atoms with van der Waals surface area (Å²) in [6, 6.07) is 1.04. The maximum absolute atomic E-state index is 6.38. The third-order valence-corrected chi connectivity index (χ3v) is 11.8. The Kier molecular flexibility index (Phi) is 9.03. The van der Waals surface area contributed by atoms with Gasteiger partial charge in [-0.3, -0.25) is 0 Å². The zero-order valence-corrected chi connectivity index (χ0v) is 17.7. The fraction of sp³-hybridized carbons (Fsp3) is 1.00. The topological polar surface area (TPSA) is 40.2 Å². The highest BCUT2D eigenvalue weighted by Crippen LogP contribution is 2.25. The Morgan fingerprint density at radius 1 is 0.850 bits per heavy atom. The van der Waals surface area contributed by atoms with E-state index >= 15 is 0 Å². The van der Waals surface area contributed by atoms with Crippen molar-refractivity contribution in [2.75, 3.05) is 26.9 Å². The normalized spacial score (nSPS) is 15.6. The first kappa shape index (κ1) is 20.5. The summed E-state index contributed by atoms with van der Waals surface area (Å²) in [6.45, 7) is 18.4. The summed E-state index contributed by atoms with van der Waals surface area (Å²) < 4.78 is 22.4. The zero-order valence-electron chi connectivity index (χ0n) is 14.7. The number of epoxide rings is 1. The average molecular weight is 339 g/mol. The molecule has 1 aliphatic rings. The molecular weight excluding hydrogens is 304 g/mol. The third-order valence-electron chi connectivity index (χ3n) is 2.23. The van der Waals surface area contributed by atoms with Gasteiger partial charge >= 0.3 is 8.56 Å². The molecule has 20 heavy (non-hydrogen) atoms. The van der Waals surface area contributed by atoms with Gasteiger partial charge in [-0.2, -0.15) is 0 Å². The van der Waals surface area contributed by atoms with Crippen molar-refractivity contribution in [3.8, 4) is 0 Å². The van der Waals surface area contributed by atoms with Gasteiger partial charge in [0, 0.05) is 13.7 Å². The minimum Gasteiger partial charge on any atom is -0.437 e. The highest BCUT2D eigenvalue weighted by molar-refractivity contribution is 6.87. The Morgan fingerprint density at radius 2 is 1.25 bits per heavy atom. The Bertz CT molecular complexity index is 241. The van der Waals surface area contributed by atoms with E-state index in [1.807, 2.05) is 0 Å². The van der Waals surface area contributed by atoms with Crippen molar-refractivity contribution in [3.63, 3.8) is 0 Å². The second-order valence-electron chi connectivity index (χ2n) is 7.27. The molecule has 0 N–H and O–H groups in total. The van der Waals surface area contributed by atoms with Crippen LogP contribution in [0.1, 0.15) is 6.42 Å². The van der Waals surface area contributed by atoms with Crippen LogP contribution in [0, 0.1) is 0 Å². The van der Waals surface area contributed by atoms with Gasteiger partial charge in [-0.05, 0) is 58.3 Å². The van der Waals surface area contributed by atoms with Gasteiger partial charge in [0.15, 0.2) is 16.6 Å². The van der Waals surface area contributed by atoms with Crippen LogP contribution < -0.4 is 0 Å². The molecule has 1 aliphatic heterocycles. The smallest absolute Gasteiger partial charge is 0.314 e. The summed E-state index contributed by atoms with van der Waals surface area (Å²) in [7, 11) is -3.34. The maximum atomic E-state index is 6.38. The Balaban J connectivity index is 0.00000105. The van der Waals surface area contributed by atoms with Crippen LogP contribution in [0.5, 0.6) is 0 Å². The molecule has 7 heteroatoms. The lowest BCUT2D eigenvalue weighted by Gasteiger charge is -2.38. The predicted molar refractivity (Wildman–Crippen MR) is 92.6 cm³/mol. The molecule has 0 aromatic carbocycles. The van der Waals surface area contributed by atoms with Crippen LogP contribution in [0.3, 0.4) is 0 Å². The summed E-state index contributed by atoms with van der Waals surface area (Å²) in [5.41, 5.74) is 0. The molecule has 1 fully saturated rings. The van der Waals surface area contributed by atoms with E-state index in [1.54, 1.807) is 7.11 Å². The molecule has 122 valence electrons. The Labute approximate surface area is 128 Å². The van der Waals surface area contributed by atoms with Crippen LogP contribution in [0.4, 0.5) is 0 Å². The van der Waals surface area contributed by atoms with Crippen molar-refractivity contribution >= 4 is 25.2 Å². The number of hydrogen-bond acceptors (Lipinski definition) is 4. The first-order chi connectivity index (χ1) is 8.97. The van der Waals surface area contributed by atoms with E-state index in [0.29, 0.717) is 0 Å². The predicted octanol–water partition coefficient (Wildman–Crippen LogP) is 3.81. The van der Waals surface area contributed by atoms with Crippen molar-refractivity contribution in [3.05, 3.63) is 0 Å². The maximum Gasteiger partial charge on any atom is 0.314 e. The van der Waals surface area contributed by atoms with Gasteiger partial charge in [-0.25, -0.2) is 0 Å². The van der Waals surface area contributed by atoms with E-state index in [0.717, 1.165) is 32.3 Å². The molecule has 0 saturated carbocycles. The Morgan fingerprint density at radius 3 is 1.50 bits per heavy atom. The van der Waals surface area contributed by atoms with Crippen LogP contribution in [0.15, 0.2) is 0 Å². The van der Waals surface area contributed by atoms with Crippen LogP contribution in [0.2, 0.25) is 51.9 Å². The van der Waals surface area contributed by atoms with E-state index in [1.165, 1.54) is 0 Å². The van der Waals surface area contributed by atoms with Gasteiger partial charge in [0.2, 0.25) is 0 Å². The van der Waals surface area contributed by atoms with E-state index < -0.39 is 25.2 Å². The van der Waals surface area contributed by atoms with Crippen LogP contribution in [-0.4, -0.2) is 52.1 Å². The van der Waals surface area contributed by atoms with Gasteiger partial charge in [-0.15, -0.1) is 0 Å². The van der Waals surface area contributed by atoms with E-state index in [-0.39, 0.29) is 0 Å². The van der Waals surface area contributed by atoms with E-state index in [2.05, 4.69) is 50.6 Å². The lowest BCUT2D eigenvalue weighted by molar-refractivity contribution is 0.196. The highest BCUT2D eigenvalue weighted by Gasteiger charge is 2.39. The molecule has 0 aromatic rings. The molecular formula is C13H34O4Si3. The average Bonchev–Trinajstić information content (AvgIpc) is 2.96. The molecule has 0 amide bonds. The number of methoxy groups -OCH3 is 1. The molecule has 0 aliphatic carbocycles. The SMILES string of the molecule is C1CO1.COCCC[Si](C)(O[Si](C)(C)C)O[Si](C)(C)C. The molecule has 0 radical (unpaired) electrons. The monoisotopic (exact) mass is 338 g/mol. The fourth-order valence-corrected chi connectivity index (χ4v) is 14.5. The second kappa shape index (κ2) is 8.82. The van der Waals surface area contributed by atoms with Crippen molar-refractivity contribution in [1.82, 2.24) is 0 Å². The first-order valence-electron chi connectivity index (χ1n) is 7.44. The molecule has 0 atom stereocenters. The first-order valence-corrected chi connectivity index (χ1v) is 16.8. The molecule has 1 rings (SSSR count). The van der Waals surface area contributed by atoms with Crippen molar-refractivity contribution < 1.29 is 17.7 Å². The highest BCUT2D eigenvalue weighted by atomic mass is 28.5. The summed E-state index contributed by atoms with van der Waals surface area (Å²) >= 11 is 0. The van der Waals surface area contributed by atoms with Crippen LogP contribution in [0.25, 0.3) is 0 Å². The van der Waals surface area contributed by atoms with Crippen LogP contribution >= 0.6 is 0 Å². The summed E-state index contributed by atoms with van der Waals surface area (Å²) in [5, 5.41) is 0. The fourth-order valence-electron chi connectivity index (χ4n) is 1.96. The van der Waals surface area contributed by atoms with Crippen LogP contribution in [-0.2, 0) is 17.7 Å². The molecule has 0 unspecified atom stereocenters. The van der Waals surface area contributed by atoms with Crippen molar-refractivity contribution in [2.24, 2.45) is 0 Å². The molecule has 0 aromatic heterocycles. The molecule has 1 saturated heterocycles. The lowest BCUT2D eigenvalue weighted by atomic mass is 10.5. The van der Waals surface area contributed by atoms with Crippen molar-refractivity contribution in [2.45, 2.75) is 58.3 Å². The standard InChI is InChI=1S/C11H30O3Si3.C2H4O/c1-12-10-9-11-17(8,13-15(2,3)4)14-16(5,6)7;1-2-3-1/h9-11H2,1-8H3;1-2H2. The summed E-state index contributed by atoms with van der Waals surface area (Å²) in [5.74, 6) is 0. The quantitative estimate of drug-likeness (QED) is 0.383. The minimum atomic E-state index is -2.01. The largest absolute Gasteiger partial charge is 0.437 e. The molecule has 0 spiro atoms. The lowest BCUT2D eigenvalue weighted by Crippen LogP contribution is -2.52. The Hall–Kier alpha value is 0.491. The molecule has 4 nitrogen and oxygen atoms in total. The summed E-state index contributed by atoms with van der Waals surface area (Å²) in [4.78, 5) is 0. The minimum absolute atomic E-state index is 0.798. The second-order valence-corrected chi connectivity index (χ2v) is 20.1. The van der Waals surface area contributed by atoms with Gasteiger partial charge < -0.3 is 17.7 Å².